The highest BCUT2D eigenvalue weighted by Gasteiger charge is 2.09. The number of hydrogen-bond donors (Lipinski definition) is 2. The third-order valence-electron chi connectivity index (χ3n) is 2.02. The fourth-order valence-corrected chi connectivity index (χ4v) is 1.84. The molecular formula is C10H17N3OS. The molecule has 0 aliphatic heterocycles. The molecule has 4 nitrogen and oxygen atoms in total. The van der Waals surface area contributed by atoms with E-state index in [1.165, 1.54) is 11.3 Å². The Morgan fingerprint density at radius 3 is 2.87 bits per heavy atom. The standard InChI is InChI=1S/C10H17N3OS/c1-7(4-11-3)5-12-10(14)9-6-15-8(2)13-9/h6-7,11H,4-5H2,1-3H3,(H,12,14). The van der Waals surface area contributed by atoms with E-state index >= 15 is 0 Å². The van der Waals surface area contributed by atoms with Crippen LogP contribution < -0.4 is 10.6 Å². The molecule has 0 spiro atoms. The van der Waals surface area contributed by atoms with Crippen molar-refractivity contribution in [1.82, 2.24) is 15.6 Å². The van der Waals surface area contributed by atoms with E-state index in [4.69, 9.17) is 0 Å². The molecule has 2 N–H and O–H groups in total. The maximum atomic E-state index is 11.6. The first-order chi connectivity index (χ1) is 7.13. The van der Waals surface area contributed by atoms with Crippen molar-refractivity contribution in [3.63, 3.8) is 0 Å². The van der Waals surface area contributed by atoms with E-state index in [1.807, 2.05) is 14.0 Å². The number of hydrogen-bond acceptors (Lipinski definition) is 4. The number of carbonyl (C=O) groups is 1. The van der Waals surface area contributed by atoms with Gasteiger partial charge >= 0.3 is 0 Å². The van der Waals surface area contributed by atoms with E-state index in [1.54, 1.807) is 5.38 Å². The maximum Gasteiger partial charge on any atom is 0.270 e. The first-order valence-electron chi connectivity index (χ1n) is 4.98. The summed E-state index contributed by atoms with van der Waals surface area (Å²) in [5, 5.41) is 8.64. The summed E-state index contributed by atoms with van der Waals surface area (Å²) in [6.45, 7) is 5.56. The molecule has 1 heterocycles. The van der Waals surface area contributed by atoms with Crippen LogP contribution >= 0.6 is 11.3 Å². The lowest BCUT2D eigenvalue weighted by atomic mass is 10.2. The first-order valence-corrected chi connectivity index (χ1v) is 5.86. The fraction of sp³-hybridized carbons (Fsp3) is 0.600. The Hall–Kier alpha value is -0.940. The van der Waals surface area contributed by atoms with Crippen LogP contribution in [0.25, 0.3) is 0 Å². The molecule has 0 aliphatic rings. The lowest BCUT2D eigenvalue weighted by molar-refractivity contribution is 0.0943. The summed E-state index contributed by atoms with van der Waals surface area (Å²) >= 11 is 1.49. The van der Waals surface area contributed by atoms with Crippen LogP contribution in [0.1, 0.15) is 22.4 Å². The third kappa shape index (κ3) is 3.97. The summed E-state index contributed by atoms with van der Waals surface area (Å²) < 4.78 is 0. The zero-order valence-electron chi connectivity index (χ0n) is 9.33. The van der Waals surface area contributed by atoms with E-state index in [-0.39, 0.29) is 5.91 Å². The molecule has 1 aromatic rings. The van der Waals surface area contributed by atoms with Crippen molar-refractivity contribution in [2.45, 2.75) is 13.8 Å². The molecule has 0 saturated heterocycles. The van der Waals surface area contributed by atoms with Gasteiger partial charge in [0.15, 0.2) is 0 Å². The number of aromatic nitrogens is 1. The number of amides is 1. The monoisotopic (exact) mass is 227 g/mol. The Morgan fingerprint density at radius 1 is 1.60 bits per heavy atom. The molecule has 1 rings (SSSR count). The van der Waals surface area contributed by atoms with Gasteiger partial charge in [-0.15, -0.1) is 11.3 Å². The minimum atomic E-state index is -0.0812. The molecule has 0 fully saturated rings. The highest BCUT2D eigenvalue weighted by atomic mass is 32.1. The van der Waals surface area contributed by atoms with Crippen molar-refractivity contribution in [2.75, 3.05) is 20.1 Å². The molecule has 1 amide bonds. The normalized spacial score (nSPS) is 12.5. The number of rotatable bonds is 5. The maximum absolute atomic E-state index is 11.6. The number of nitrogens with one attached hydrogen (secondary N) is 2. The molecule has 1 atom stereocenters. The number of nitrogens with zero attached hydrogens (tertiary/aromatic N) is 1. The Bertz CT molecular complexity index is 324. The van der Waals surface area contributed by atoms with Crippen molar-refractivity contribution in [3.05, 3.63) is 16.1 Å². The van der Waals surface area contributed by atoms with Gasteiger partial charge in [-0.1, -0.05) is 6.92 Å². The van der Waals surface area contributed by atoms with Crippen LogP contribution in [0.3, 0.4) is 0 Å². The van der Waals surface area contributed by atoms with Gasteiger partial charge in [-0.2, -0.15) is 0 Å². The lowest BCUT2D eigenvalue weighted by Crippen LogP contribution is -2.32. The van der Waals surface area contributed by atoms with Gasteiger partial charge in [-0.05, 0) is 26.4 Å². The topological polar surface area (TPSA) is 54.0 Å². The van der Waals surface area contributed by atoms with Gasteiger partial charge in [-0.25, -0.2) is 4.98 Å². The predicted octanol–water partition coefficient (Wildman–Crippen LogP) is 1.04. The zero-order valence-corrected chi connectivity index (χ0v) is 10.1. The quantitative estimate of drug-likeness (QED) is 0.790. The molecule has 0 aromatic carbocycles. The molecule has 15 heavy (non-hydrogen) atoms. The summed E-state index contributed by atoms with van der Waals surface area (Å²) in [7, 11) is 1.90. The van der Waals surface area contributed by atoms with Crippen LogP contribution in [0.4, 0.5) is 0 Å². The van der Waals surface area contributed by atoms with E-state index in [9.17, 15) is 4.79 Å². The Morgan fingerprint density at radius 2 is 2.33 bits per heavy atom. The predicted molar refractivity (Wildman–Crippen MR) is 62.3 cm³/mol. The van der Waals surface area contributed by atoms with Gasteiger partial charge in [0, 0.05) is 11.9 Å². The summed E-state index contributed by atoms with van der Waals surface area (Å²) in [5.74, 6) is 0.348. The van der Waals surface area contributed by atoms with E-state index in [0.717, 1.165) is 11.6 Å². The van der Waals surface area contributed by atoms with Gasteiger partial charge in [0.1, 0.15) is 5.69 Å². The minimum absolute atomic E-state index is 0.0812. The lowest BCUT2D eigenvalue weighted by Gasteiger charge is -2.10. The van der Waals surface area contributed by atoms with Crippen LogP contribution in [0.5, 0.6) is 0 Å². The van der Waals surface area contributed by atoms with Crippen LogP contribution in [0.2, 0.25) is 0 Å². The number of aryl methyl sites for hydroxylation is 1. The van der Waals surface area contributed by atoms with Gasteiger partial charge in [0.25, 0.3) is 5.91 Å². The molecule has 0 saturated carbocycles. The molecule has 1 aromatic heterocycles. The molecule has 84 valence electrons. The molecule has 0 aliphatic carbocycles. The average molecular weight is 227 g/mol. The molecule has 5 heteroatoms. The summed E-state index contributed by atoms with van der Waals surface area (Å²) in [6.07, 6.45) is 0. The molecular weight excluding hydrogens is 210 g/mol. The second-order valence-corrected chi connectivity index (χ2v) is 4.69. The Kier molecular flexibility index (Phi) is 4.71. The van der Waals surface area contributed by atoms with Crippen molar-refractivity contribution in [3.8, 4) is 0 Å². The zero-order chi connectivity index (χ0) is 11.3. The Balaban J connectivity index is 2.36. The van der Waals surface area contributed by atoms with Crippen molar-refractivity contribution >= 4 is 17.2 Å². The second kappa shape index (κ2) is 5.82. The molecule has 1 unspecified atom stereocenters. The van der Waals surface area contributed by atoms with Gasteiger partial charge in [0.2, 0.25) is 0 Å². The van der Waals surface area contributed by atoms with E-state index < -0.39 is 0 Å². The fourth-order valence-electron chi connectivity index (χ4n) is 1.25. The summed E-state index contributed by atoms with van der Waals surface area (Å²) in [4.78, 5) is 15.7. The van der Waals surface area contributed by atoms with Gasteiger partial charge in [0.05, 0.1) is 5.01 Å². The van der Waals surface area contributed by atoms with E-state index in [2.05, 4.69) is 22.5 Å². The average Bonchev–Trinajstić information content (AvgIpc) is 2.62. The Labute approximate surface area is 94.1 Å². The minimum Gasteiger partial charge on any atom is -0.350 e. The third-order valence-corrected chi connectivity index (χ3v) is 2.79. The van der Waals surface area contributed by atoms with Crippen LogP contribution in [-0.4, -0.2) is 31.0 Å². The van der Waals surface area contributed by atoms with Crippen molar-refractivity contribution in [2.24, 2.45) is 5.92 Å². The first kappa shape index (κ1) is 12.1. The second-order valence-electron chi connectivity index (χ2n) is 3.62. The highest BCUT2D eigenvalue weighted by molar-refractivity contribution is 7.09. The summed E-state index contributed by atoms with van der Waals surface area (Å²) in [5.41, 5.74) is 0.522. The number of thiazole rings is 1. The largest absolute Gasteiger partial charge is 0.350 e. The smallest absolute Gasteiger partial charge is 0.270 e. The van der Waals surface area contributed by atoms with Crippen LogP contribution in [0, 0.1) is 12.8 Å². The number of carbonyl (C=O) groups excluding carboxylic acids is 1. The van der Waals surface area contributed by atoms with Crippen LogP contribution in [-0.2, 0) is 0 Å². The molecule has 0 bridgehead atoms. The van der Waals surface area contributed by atoms with Crippen molar-refractivity contribution < 1.29 is 4.79 Å². The van der Waals surface area contributed by atoms with E-state index in [0.29, 0.717) is 18.2 Å². The highest BCUT2D eigenvalue weighted by Crippen LogP contribution is 2.07. The molecule has 0 radical (unpaired) electrons. The van der Waals surface area contributed by atoms with Crippen molar-refractivity contribution in [1.29, 1.82) is 0 Å². The van der Waals surface area contributed by atoms with Crippen LogP contribution in [0.15, 0.2) is 5.38 Å². The van der Waals surface area contributed by atoms with Gasteiger partial charge < -0.3 is 10.6 Å². The summed E-state index contributed by atoms with van der Waals surface area (Å²) in [6, 6.07) is 0. The van der Waals surface area contributed by atoms with Gasteiger partial charge in [-0.3, -0.25) is 4.79 Å². The SMILES string of the molecule is CNCC(C)CNC(=O)c1csc(C)n1.